The molecule has 3 aromatic carbocycles. The van der Waals surface area contributed by atoms with Crippen LogP contribution >= 0.6 is 0 Å². The van der Waals surface area contributed by atoms with Gasteiger partial charge in [0, 0.05) is 50.1 Å². The number of hydrogen-bond donors (Lipinski definition) is 3. The molecule has 2 saturated carbocycles. The van der Waals surface area contributed by atoms with Crippen LogP contribution in [0, 0.1) is 16.7 Å². The second kappa shape index (κ2) is 19.0. The molecule has 8 rings (SSSR count). The zero-order valence-electron chi connectivity index (χ0n) is 39.4. The second-order valence-corrected chi connectivity index (χ2v) is 19.0. The van der Waals surface area contributed by atoms with Crippen LogP contribution < -0.4 is 5.32 Å². The largest absolute Gasteiger partial charge is 0.455 e. The molecule has 1 aliphatic heterocycles. The van der Waals surface area contributed by atoms with E-state index in [0.29, 0.717) is 5.56 Å². The van der Waals surface area contributed by atoms with Crippen molar-refractivity contribution in [3.05, 3.63) is 149 Å². The van der Waals surface area contributed by atoms with Crippen LogP contribution in [0.15, 0.2) is 127 Å². The van der Waals surface area contributed by atoms with Crippen molar-refractivity contribution in [3.8, 4) is 0 Å². The van der Waals surface area contributed by atoms with E-state index in [1.165, 1.54) is 50.5 Å². The van der Waals surface area contributed by atoms with E-state index in [9.17, 15) is 34.2 Å². The molecule has 3 aliphatic carbocycles. The molecule has 1 amide bonds. The summed E-state index contributed by atoms with van der Waals surface area (Å²) in [6.45, 7) is 7.89. The Labute approximate surface area is 403 Å². The molecule has 17 nitrogen and oxygen atoms in total. The van der Waals surface area contributed by atoms with E-state index in [1.807, 2.05) is 0 Å². The number of aliphatic hydroxyl groups is 2. The number of pyridine rings is 1. The summed E-state index contributed by atoms with van der Waals surface area (Å²) in [7, 11) is 0. The lowest BCUT2D eigenvalue weighted by Crippen LogP contribution is -2.82. The van der Waals surface area contributed by atoms with Crippen molar-refractivity contribution in [1.82, 2.24) is 10.3 Å². The van der Waals surface area contributed by atoms with Crippen molar-refractivity contribution in [2.75, 3.05) is 6.61 Å². The number of ketones is 1. The third-order valence-electron chi connectivity index (χ3n) is 14.6. The van der Waals surface area contributed by atoms with E-state index in [1.54, 1.807) is 92.7 Å². The predicted molar refractivity (Wildman–Crippen MR) is 245 cm³/mol. The summed E-state index contributed by atoms with van der Waals surface area (Å²) in [5, 5.41) is 29.0. The van der Waals surface area contributed by atoms with Crippen molar-refractivity contribution in [2.24, 2.45) is 16.7 Å². The van der Waals surface area contributed by atoms with Crippen LogP contribution in [0.4, 0.5) is 0 Å². The molecule has 2 heterocycles. The lowest BCUT2D eigenvalue weighted by atomic mass is 9.44. The van der Waals surface area contributed by atoms with Gasteiger partial charge in [-0.25, -0.2) is 14.4 Å². The molecular weight excluding hydrogens is 905 g/mol. The summed E-state index contributed by atoms with van der Waals surface area (Å²) >= 11 is 0. The number of amides is 1. The molecule has 4 aromatic rings. The Morgan fingerprint density at radius 1 is 0.786 bits per heavy atom. The van der Waals surface area contributed by atoms with Crippen molar-refractivity contribution >= 4 is 41.5 Å². The lowest BCUT2D eigenvalue weighted by Gasteiger charge is -2.67. The summed E-state index contributed by atoms with van der Waals surface area (Å²) in [6, 6.07) is 25.7. The van der Waals surface area contributed by atoms with Gasteiger partial charge in [-0.15, -0.1) is 0 Å². The van der Waals surface area contributed by atoms with E-state index in [0.717, 1.165) is 13.8 Å². The number of hydrogen-bond acceptors (Lipinski definition) is 16. The summed E-state index contributed by atoms with van der Waals surface area (Å²) in [6.07, 6.45) is -8.13. The quantitative estimate of drug-likeness (QED) is 0.0962. The molecule has 3 fully saturated rings. The van der Waals surface area contributed by atoms with Gasteiger partial charge in [-0.3, -0.25) is 24.2 Å². The van der Waals surface area contributed by atoms with Crippen molar-refractivity contribution < 1.29 is 72.2 Å². The zero-order chi connectivity index (χ0) is 50.3. The maximum absolute atomic E-state index is 15.7. The number of carbonyl (C=O) groups is 7. The molecule has 1 saturated heterocycles. The maximum Gasteiger partial charge on any atom is 0.350 e. The number of nitrogens with zero attached hydrogens (tertiary/aromatic N) is 1. The molecule has 11 atom stereocenters. The molecule has 0 spiro atoms. The van der Waals surface area contributed by atoms with Crippen molar-refractivity contribution in [2.45, 2.75) is 108 Å². The normalized spacial score (nSPS) is 29.4. The first-order valence-electron chi connectivity index (χ1n) is 22.9. The SMILES string of the molecule is CC(=O)O[C@H]1C(=O)[C@@]2(C)[C@H]([C@H](OC(=O)c3ccccc3)[C@]3(O)C[C@H](OC(=O)[C@H](OC(=O)c4cccnc4)[C@@H](NC(=O)c4ccccc4)c4ccccc4)C(C)=C1C3(C)C)[C@]1(OC(C)=O)CO[C@@H]1C[C@@H]2O. The minimum atomic E-state index is -2.46. The Balaban J connectivity index is 1.31. The van der Waals surface area contributed by atoms with Gasteiger partial charge in [-0.2, -0.15) is 0 Å². The van der Waals surface area contributed by atoms with Crippen LogP contribution in [-0.4, -0.2) is 111 Å². The Bertz CT molecular complexity index is 2710. The zero-order valence-corrected chi connectivity index (χ0v) is 39.4. The molecule has 3 N–H and O–H groups in total. The van der Waals surface area contributed by atoms with Gasteiger partial charge in [0.2, 0.25) is 6.10 Å². The summed E-state index contributed by atoms with van der Waals surface area (Å²) in [4.78, 5) is 104. The number of esters is 5. The summed E-state index contributed by atoms with van der Waals surface area (Å²) in [5.74, 6) is -8.04. The minimum absolute atomic E-state index is 0.0405. The topological polar surface area (TPSA) is 240 Å². The molecule has 4 aliphatic rings. The van der Waals surface area contributed by atoms with E-state index in [4.69, 9.17) is 28.4 Å². The van der Waals surface area contributed by atoms with Gasteiger partial charge in [0.05, 0.1) is 35.2 Å². The Morgan fingerprint density at radius 2 is 1.40 bits per heavy atom. The van der Waals surface area contributed by atoms with Crippen LogP contribution in [0.5, 0.6) is 0 Å². The number of nitrogens with one attached hydrogen (secondary N) is 1. The number of carbonyl (C=O) groups excluding carboxylic acids is 7. The molecule has 70 heavy (non-hydrogen) atoms. The first-order valence-corrected chi connectivity index (χ1v) is 22.9. The molecule has 2 bridgehead atoms. The van der Waals surface area contributed by atoms with E-state index >= 15 is 9.59 Å². The summed E-state index contributed by atoms with van der Waals surface area (Å²) < 4.78 is 36.8. The van der Waals surface area contributed by atoms with Gasteiger partial charge in [0.25, 0.3) is 5.91 Å². The standard InChI is InChI=1S/C53H54N2O15/c1-29-36(67-49(63)42(68-48(62)35-23-16-24-54-27-35)40(32-17-10-7-11-18-32)55-46(60)33-19-12-8-13-20-33)26-53(64)45(69-47(61)34-21-14-9-15-22-34)43-51(6,37(58)25-38-52(43,28-65-38)70-31(3)57)44(59)41(66-30(2)56)39(29)50(53,4)5/h7-24,27,36-38,40-43,45,58,64H,25-26,28H2,1-6H3,(H,55,60)/t36-,37-,38+,40-,41+,42+,43-,45-,51+,52-,53+/m0/s1. The molecule has 0 radical (unpaired) electrons. The third kappa shape index (κ3) is 8.55. The third-order valence-corrected chi connectivity index (χ3v) is 14.6. The van der Waals surface area contributed by atoms with Gasteiger partial charge >= 0.3 is 29.8 Å². The first kappa shape index (κ1) is 49.3. The van der Waals surface area contributed by atoms with E-state index in [-0.39, 0.29) is 40.9 Å². The Kier molecular flexibility index (Phi) is 13.4. The average Bonchev–Trinajstić information content (AvgIpc) is 3.34. The number of aromatic nitrogens is 1. The molecule has 0 unspecified atom stereocenters. The van der Waals surface area contributed by atoms with Gasteiger partial charge in [0.15, 0.2) is 17.5 Å². The number of aliphatic hydroxyl groups excluding tert-OH is 1. The highest BCUT2D eigenvalue weighted by Crippen LogP contribution is 2.64. The molecular formula is C53H54N2O15. The maximum atomic E-state index is 15.7. The molecule has 1 aromatic heterocycles. The highest BCUT2D eigenvalue weighted by Gasteiger charge is 2.78. The smallest absolute Gasteiger partial charge is 0.350 e. The van der Waals surface area contributed by atoms with Crippen molar-refractivity contribution in [1.29, 1.82) is 0 Å². The highest BCUT2D eigenvalue weighted by molar-refractivity contribution is 5.97. The Morgan fingerprint density at radius 3 is 1.97 bits per heavy atom. The first-order chi connectivity index (χ1) is 33.2. The van der Waals surface area contributed by atoms with Crippen LogP contribution in [-0.2, 0) is 47.6 Å². The van der Waals surface area contributed by atoms with E-state index in [2.05, 4.69) is 10.3 Å². The van der Waals surface area contributed by atoms with Crippen molar-refractivity contribution in [3.63, 3.8) is 0 Å². The minimum Gasteiger partial charge on any atom is -0.455 e. The lowest BCUT2D eigenvalue weighted by molar-refractivity contribution is -0.346. The van der Waals surface area contributed by atoms with Gasteiger partial charge in [-0.05, 0) is 67.0 Å². The number of ether oxygens (including phenoxy) is 6. The second-order valence-electron chi connectivity index (χ2n) is 19.0. The summed E-state index contributed by atoms with van der Waals surface area (Å²) in [5.41, 5.74) is -7.47. The predicted octanol–water partition coefficient (Wildman–Crippen LogP) is 5.00. The van der Waals surface area contributed by atoms with Crippen LogP contribution in [0.25, 0.3) is 0 Å². The van der Waals surface area contributed by atoms with Gasteiger partial charge < -0.3 is 44.0 Å². The van der Waals surface area contributed by atoms with Crippen LogP contribution in [0.1, 0.15) is 97.1 Å². The van der Waals surface area contributed by atoms with Gasteiger partial charge in [0.1, 0.15) is 30.0 Å². The number of benzene rings is 3. The fraction of sp³-hybridized carbons (Fsp3) is 0.396. The number of Topliss-reactive ketones (excluding diaryl/α,β-unsaturated/α-hetero) is 1. The van der Waals surface area contributed by atoms with Gasteiger partial charge in [-0.1, -0.05) is 80.6 Å². The fourth-order valence-corrected chi connectivity index (χ4v) is 11.0. The highest BCUT2D eigenvalue weighted by atomic mass is 16.6. The molecule has 366 valence electrons. The molecule has 17 heteroatoms. The monoisotopic (exact) mass is 958 g/mol. The van der Waals surface area contributed by atoms with Crippen LogP contribution in [0.3, 0.4) is 0 Å². The average molecular weight is 959 g/mol. The number of rotatable bonds is 12. The van der Waals surface area contributed by atoms with E-state index < -0.39 is 119 Å². The Hall–Kier alpha value is -7.08. The van der Waals surface area contributed by atoms with Crippen LogP contribution in [0.2, 0.25) is 0 Å². The fourth-order valence-electron chi connectivity index (χ4n) is 11.0. The number of fused-ring (bicyclic) bond motifs is 5.